The van der Waals surface area contributed by atoms with E-state index in [1.54, 1.807) is 12.4 Å². The van der Waals surface area contributed by atoms with E-state index in [9.17, 15) is 24.3 Å². The quantitative estimate of drug-likeness (QED) is 0.0548. The van der Waals surface area contributed by atoms with Gasteiger partial charge in [-0.25, -0.2) is 9.78 Å². The van der Waals surface area contributed by atoms with Crippen LogP contribution in [0.25, 0.3) is 10.9 Å². The van der Waals surface area contributed by atoms with Gasteiger partial charge in [0.05, 0.1) is 12.4 Å². The maximum Gasteiger partial charge on any atom is 0.326 e. The van der Waals surface area contributed by atoms with Gasteiger partial charge in [-0.1, -0.05) is 32.0 Å². The molecule has 0 aliphatic carbocycles. The number of fused-ring (bicyclic) bond motifs is 1. The van der Waals surface area contributed by atoms with E-state index in [1.165, 1.54) is 6.33 Å². The summed E-state index contributed by atoms with van der Waals surface area (Å²) in [6, 6.07) is 3.08. The van der Waals surface area contributed by atoms with Crippen LogP contribution in [0.1, 0.15) is 44.4 Å². The molecule has 2 aromatic heterocycles. The Balaban J connectivity index is 1.74. The number of amides is 3. The number of hydrogen-bond acceptors (Lipinski definition) is 7. The van der Waals surface area contributed by atoms with Crippen molar-refractivity contribution in [2.24, 2.45) is 28.1 Å². The number of imidazole rings is 1. The fourth-order valence-electron chi connectivity index (χ4n) is 4.75. The Bertz CT molecular complexity index is 1430. The maximum atomic E-state index is 13.5. The van der Waals surface area contributed by atoms with Crippen molar-refractivity contribution in [3.63, 3.8) is 0 Å². The molecule has 12 N–H and O–H groups in total. The number of H-pyrrole nitrogens is 2. The number of guanidine groups is 1. The van der Waals surface area contributed by atoms with Crippen molar-refractivity contribution in [2.75, 3.05) is 6.54 Å². The van der Waals surface area contributed by atoms with E-state index >= 15 is 0 Å². The summed E-state index contributed by atoms with van der Waals surface area (Å²) >= 11 is 0. The van der Waals surface area contributed by atoms with Gasteiger partial charge in [0.1, 0.15) is 18.1 Å². The number of carboxylic acid groups (broad SMARTS) is 1. The number of aliphatic imine (C=N–C) groups is 1. The zero-order valence-electron chi connectivity index (χ0n) is 24.9. The third kappa shape index (κ3) is 10.1. The summed E-state index contributed by atoms with van der Waals surface area (Å²) in [5.41, 5.74) is 19.1. The van der Waals surface area contributed by atoms with E-state index in [4.69, 9.17) is 17.2 Å². The van der Waals surface area contributed by atoms with E-state index in [-0.39, 0.29) is 44.1 Å². The normalized spacial score (nSPS) is 13.9. The molecular formula is C29H42N10O5. The molecule has 0 radical (unpaired) electrons. The highest BCUT2D eigenvalue weighted by molar-refractivity contribution is 5.94. The Morgan fingerprint density at radius 2 is 1.64 bits per heavy atom. The minimum Gasteiger partial charge on any atom is -0.480 e. The lowest BCUT2D eigenvalue weighted by Crippen LogP contribution is -2.57. The van der Waals surface area contributed by atoms with Crippen LogP contribution in [-0.4, -0.2) is 80.4 Å². The predicted octanol–water partition coefficient (Wildman–Crippen LogP) is -0.358. The van der Waals surface area contributed by atoms with Crippen LogP contribution in [0.3, 0.4) is 0 Å². The second kappa shape index (κ2) is 16.1. The Morgan fingerprint density at radius 1 is 0.955 bits per heavy atom. The second-order valence-corrected chi connectivity index (χ2v) is 11.1. The largest absolute Gasteiger partial charge is 0.480 e. The zero-order valence-corrected chi connectivity index (χ0v) is 24.9. The lowest BCUT2D eigenvalue weighted by Gasteiger charge is -2.26. The molecule has 15 nitrogen and oxygen atoms in total. The van der Waals surface area contributed by atoms with E-state index in [2.05, 4.69) is 35.9 Å². The van der Waals surface area contributed by atoms with Gasteiger partial charge in [-0.15, -0.1) is 0 Å². The van der Waals surface area contributed by atoms with E-state index in [0.717, 1.165) is 10.9 Å². The first-order valence-corrected chi connectivity index (χ1v) is 14.4. The number of aromatic nitrogens is 3. The van der Waals surface area contributed by atoms with Gasteiger partial charge >= 0.3 is 5.97 Å². The van der Waals surface area contributed by atoms with Gasteiger partial charge in [0.2, 0.25) is 17.7 Å². The smallest absolute Gasteiger partial charge is 0.326 e. The lowest BCUT2D eigenvalue weighted by atomic mass is 10.0. The standard InChI is InChI=1S/C29H42N10O5/c1-16(2)10-23(38-25(40)20(30)12-18-14-33-15-36-18)27(42)37-22(8-5-9-34-29(31)32)26(41)39-24(28(43)44)11-17-13-35-21-7-4-3-6-19(17)21/h3-4,6-7,13-16,20,22-24,35H,5,8-12,30H2,1-2H3,(H,33,36)(H,37,42)(H,38,40)(H,39,41)(H,43,44)(H4,31,32,34). The van der Waals surface area contributed by atoms with Gasteiger partial charge in [0, 0.05) is 48.4 Å². The van der Waals surface area contributed by atoms with Crippen LogP contribution in [0.5, 0.6) is 0 Å². The molecular weight excluding hydrogens is 568 g/mol. The fourth-order valence-corrected chi connectivity index (χ4v) is 4.75. The molecule has 44 heavy (non-hydrogen) atoms. The van der Waals surface area contributed by atoms with Crippen molar-refractivity contribution in [1.82, 2.24) is 30.9 Å². The molecule has 238 valence electrons. The summed E-state index contributed by atoms with van der Waals surface area (Å²) in [6.45, 7) is 3.96. The van der Waals surface area contributed by atoms with Crippen molar-refractivity contribution in [3.05, 3.63) is 54.2 Å². The molecule has 0 aliphatic heterocycles. The average Bonchev–Trinajstić information content (AvgIpc) is 3.63. The maximum absolute atomic E-state index is 13.5. The molecule has 0 saturated carbocycles. The van der Waals surface area contributed by atoms with Crippen molar-refractivity contribution in [1.29, 1.82) is 0 Å². The molecule has 0 fully saturated rings. The molecule has 0 aliphatic rings. The van der Waals surface area contributed by atoms with E-state index < -0.39 is 47.9 Å². The first-order valence-electron chi connectivity index (χ1n) is 14.4. The monoisotopic (exact) mass is 610 g/mol. The molecule has 3 amide bonds. The highest BCUT2D eigenvalue weighted by Gasteiger charge is 2.31. The third-order valence-electron chi connectivity index (χ3n) is 6.96. The number of carbonyl (C=O) groups is 4. The van der Waals surface area contributed by atoms with Gasteiger partial charge in [-0.05, 0) is 36.8 Å². The minimum absolute atomic E-state index is 0.0107. The van der Waals surface area contributed by atoms with Gasteiger partial charge < -0.3 is 48.2 Å². The topological polar surface area (TPSA) is 259 Å². The van der Waals surface area contributed by atoms with Crippen molar-refractivity contribution < 1.29 is 24.3 Å². The zero-order chi connectivity index (χ0) is 32.2. The van der Waals surface area contributed by atoms with Crippen LogP contribution in [0.2, 0.25) is 0 Å². The molecule has 3 aromatic rings. The summed E-state index contributed by atoms with van der Waals surface area (Å²) in [5.74, 6) is -3.18. The fraction of sp³-hybridized carbons (Fsp3) is 0.448. The van der Waals surface area contributed by atoms with Crippen LogP contribution in [-0.2, 0) is 32.0 Å². The van der Waals surface area contributed by atoms with Crippen LogP contribution in [0.15, 0.2) is 48.0 Å². The molecule has 4 unspecified atom stereocenters. The van der Waals surface area contributed by atoms with Crippen molar-refractivity contribution >= 4 is 40.6 Å². The van der Waals surface area contributed by atoms with Crippen LogP contribution in [0, 0.1) is 5.92 Å². The molecule has 0 saturated heterocycles. The number of benzene rings is 1. The number of rotatable bonds is 17. The van der Waals surface area contributed by atoms with Crippen LogP contribution >= 0.6 is 0 Å². The summed E-state index contributed by atoms with van der Waals surface area (Å²) in [7, 11) is 0. The number of carbonyl (C=O) groups excluding carboxylic acids is 3. The summed E-state index contributed by atoms with van der Waals surface area (Å²) in [4.78, 5) is 65.8. The number of carboxylic acids is 1. The molecule has 1 aromatic carbocycles. The van der Waals surface area contributed by atoms with E-state index in [0.29, 0.717) is 17.7 Å². The minimum atomic E-state index is -1.27. The molecule has 2 heterocycles. The van der Waals surface area contributed by atoms with Crippen LogP contribution < -0.4 is 33.2 Å². The number of aliphatic carboxylic acids is 1. The Labute approximate surface area is 254 Å². The van der Waals surface area contributed by atoms with Gasteiger partial charge in [0.25, 0.3) is 0 Å². The molecule has 3 rings (SSSR count). The van der Waals surface area contributed by atoms with Crippen molar-refractivity contribution in [2.45, 2.75) is 70.1 Å². The Morgan fingerprint density at radius 3 is 2.30 bits per heavy atom. The van der Waals surface area contributed by atoms with E-state index in [1.807, 2.05) is 38.1 Å². The first-order chi connectivity index (χ1) is 20.9. The summed E-state index contributed by atoms with van der Waals surface area (Å²) in [6.07, 6.45) is 5.63. The first kappa shape index (κ1) is 33.6. The summed E-state index contributed by atoms with van der Waals surface area (Å²) < 4.78 is 0. The molecule has 0 spiro atoms. The van der Waals surface area contributed by atoms with Gasteiger partial charge in [-0.2, -0.15) is 0 Å². The molecule has 0 bridgehead atoms. The lowest BCUT2D eigenvalue weighted by molar-refractivity contribution is -0.142. The van der Waals surface area contributed by atoms with Crippen molar-refractivity contribution in [3.8, 4) is 0 Å². The SMILES string of the molecule is CC(C)CC(NC(=O)C(N)Cc1cnc[nH]1)C(=O)NC(CCCN=C(N)N)C(=O)NC(Cc1c[nH]c2ccccc12)C(=O)O. The molecule has 4 atom stereocenters. The highest BCUT2D eigenvalue weighted by atomic mass is 16.4. The number of hydrogen-bond donors (Lipinski definition) is 9. The number of para-hydroxylation sites is 1. The number of nitrogens with zero attached hydrogens (tertiary/aromatic N) is 2. The Kier molecular flexibility index (Phi) is 12.3. The second-order valence-electron chi connectivity index (χ2n) is 11.1. The average molecular weight is 611 g/mol. The number of aromatic amines is 2. The number of nitrogens with one attached hydrogen (secondary N) is 5. The van der Waals surface area contributed by atoms with Gasteiger partial charge in [0.15, 0.2) is 5.96 Å². The Hall–Kier alpha value is -4.92. The molecule has 15 heteroatoms. The highest BCUT2D eigenvalue weighted by Crippen LogP contribution is 2.19. The summed E-state index contributed by atoms with van der Waals surface area (Å²) in [5, 5.41) is 18.7. The van der Waals surface area contributed by atoms with Crippen LogP contribution in [0.4, 0.5) is 0 Å². The third-order valence-corrected chi connectivity index (χ3v) is 6.96. The van der Waals surface area contributed by atoms with Gasteiger partial charge in [-0.3, -0.25) is 19.4 Å². The number of nitrogens with two attached hydrogens (primary N) is 3. The predicted molar refractivity (Wildman–Crippen MR) is 165 cm³/mol.